The summed E-state index contributed by atoms with van der Waals surface area (Å²) >= 11 is 3.47. The van der Waals surface area contributed by atoms with Crippen molar-refractivity contribution >= 4 is 27.5 Å². The van der Waals surface area contributed by atoms with Crippen molar-refractivity contribution in [3.63, 3.8) is 0 Å². The topological polar surface area (TPSA) is 55.6 Å². The molecule has 0 unspecified atom stereocenters. The van der Waals surface area contributed by atoms with Gasteiger partial charge in [0.25, 0.3) is 5.91 Å². The lowest BCUT2D eigenvalue weighted by molar-refractivity contribution is -0.123. The molecular weight excluding hydrogens is 370 g/mol. The van der Waals surface area contributed by atoms with Crippen LogP contribution in [0.1, 0.15) is 16.8 Å². The van der Waals surface area contributed by atoms with Gasteiger partial charge in [-0.1, -0.05) is 17.7 Å². The van der Waals surface area contributed by atoms with Crippen LogP contribution in [0.2, 0.25) is 0 Å². The van der Waals surface area contributed by atoms with Gasteiger partial charge in [0.15, 0.2) is 6.61 Å². The first kappa shape index (κ1) is 16.5. The molecule has 0 aliphatic carbocycles. The minimum absolute atomic E-state index is 0.0129. The fourth-order valence-corrected chi connectivity index (χ4v) is 2.95. The number of aryl methyl sites for hydroxylation is 2. The molecule has 0 aliphatic rings. The third-order valence-corrected chi connectivity index (χ3v) is 4.04. The fourth-order valence-electron chi connectivity index (χ4n) is 2.38. The van der Waals surface area contributed by atoms with E-state index in [0.29, 0.717) is 12.3 Å². The molecule has 3 aromatic rings. The van der Waals surface area contributed by atoms with Gasteiger partial charge in [-0.2, -0.15) is 0 Å². The molecule has 2 aromatic heterocycles. The number of pyridine rings is 1. The minimum Gasteiger partial charge on any atom is -0.484 e. The van der Waals surface area contributed by atoms with Gasteiger partial charge in [-0.15, -0.1) is 0 Å². The van der Waals surface area contributed by atoms with Crippen LogP contribution in [-0.2, 0) is 11.3 Å². The lowest BCUT2D eigenvalue weighted by atomic mass is 10.2. The van der Waals surface area contributed by atoms with E-state index in [1.165, 1.54) is 0 Å². The van der Waals surface area contributed by atoms with Crippen molar-refractivity contribution in [2.24, 2.45) is 0 Å². The van der Waals surface area contributed by atoms with Crippen LogP contribution in [0.15, 0.2) is 47.2 Å². The number of hydrogen-bond acceptors (Lipinski definition) is 3. The van der Waals surface area contributed by atoms with E-state index in [9.17, 15) is 4.79 Å². The predicted molar refractivity (Wildman–Crippen MR) is 96.1 cm³/mol. The van der Waals surface area contributed by atoms with Gasteiger partial charge < -0.3 is 14.5 Å². The normalized spacial score (nSPS) is 10.8. The Labute approximate surface area is 148 Å². The maximum absolute atomic E-state index is 11.9. The summed E-state index contributed by atoms with van der Waals surface area (Å²) in [7, 11) is 0. The highest BCUT2D eigenvalue weighted by atomic mass is 79.9. The highest BCUT2D eigenvalue weighted by Gasteiger charge is 2.08. The molecule has 0 bridgehead atoms. The van der Waals surface area contributed by atoms with Crippen molar-refractivity contribution < 1.29 is 9.53 Å². The van der Waals surface area contributed by atoms with E-state index in [2.05, 4.69) is 26.2 Å². The zero-order valence-corrected chi connectivity index (χ0v) is 15.1. The maximum atomic E-state index is 11.9. The molecule has 1 aromatic carbocycles. The van der Waals surface area contributed by atoms with E-state index in [4.69, 9.17) is 4.74 Å². The summed E-state index contributed by atoms with van der Waals surface area (Å²) in [5.41, 5.74) is 3.92. The van der Waals surface area contributed by atoms with Gasteiger partial charge in [-0.25, -0.2) is 4.98 Å². The van der Waals surface area contributed by atoms with Crippen LogP contribution in [0.25, 0.3) is 5.65 Å². The second kappa shape index (κ2) is 7.05. The third kappa shape index (κ3) is 3.94. The Morgan fingerprint density at radius 1 is 1.25 bits per heavy atom. The number of nitrogens with zero attached hydrogens (tertiary/aromatic N) is 2. The highest BCUT2D eigenvalue weighted by molar-refractivity contribution is 9.10. The Morgan fingerprint density at radius 2 is 2.00 bits per heavy atom. The number of fused-ring (bicyclic) bond motifs is 1. The Balaban J connectivity index is 1.56. The number of carbonyl (C=O) groups is 1. The first-order valence-corrected chi connectivity index (χ1v) is 8.40. The van der Waals surface area contributed by atoms with Gasteiger partial charge in [0.1, 0.15) is 11.4 Å². The second-order valence-electron chi connectivity index (χ2n) is 5.68. The fraction of sp³-hybridized carbons (Fsp3) is 0.222. The van der Waals surface area contributed by atoms with Crippen molar-refractivity contribution in [2.75, 3.05) is 6.61 Å². The van der Waals surface area contributed by atoms with Crippen molar-refractivity contribution in [1.29, 1.82) is 0 Å². The largest absolute Gasteiger partial charge is 0.484 e. The number of halogens is 1. The molecule has 1 N–H and O–H groups in total. The summed E-state index contributed by atoms with van der Waals surface area (Å²) in [5, 5.41) is 2.82. The van der Waals surface area contributed by atoms with Crippen molar-refractivity contribution in [2.45, 2.75) is 20.4 Å². The Hall–Kier alpha value is -2.34. The van der Waals surface area contributed by atoms with Crippen molar-refractivity contribution in [1.82, 2.24) is 14.7 Å². The smallest absolute Gasteiger partial charge is 0.258 e. The quantitative estimate of drug-likeness (QED) is 0.729. The number of ether oxygens (including phenoxy) is 1. The van der Waals surface area contributed by atoms with E-state index in [1.807, 2.05) is 61.0 Å². The monoisotopic (exact) mass is 387 g/mol. The van der Waals surface area contributed by atoms with Crippen molar-refractivity contribution in [3.8, 4) is 5.75 Å². The van der Waals surface area contributed by atoms with Crippen LogP contribution in [0.3, 0.4) is 0 Å². The van der Waals surface area contributed by atoms with E-state index < -0.39 is 0 Å². The van der Waals surface area contributed by atoms with E-state index in [-0.39, 0.29) is 12.5 Å². The summed E-state index contributed by atoms with van der Waals surface area (Å²) in [6.45, 7) is 4.37. The number of rotatable bonds is 5. The molecule has 3 rings (SSSR count). The predicted octanol–water partition coefficient (Wildman–Crippen LogP) is 3.41. The summed E-state index contributed by atoms with van der Waals surface area (Å²) < 4.78 is 8.40. The molecular formula is C18H18BrN3O2. The number of benzene rings is 1. The Bertz CT molecular complexity index is 872. The first-order valence-electron chi connectivity index (χ1n) is 7.61. The van der Waals surface area contributed by atoms with Crippen LogP contribution in [0, 0.1) is 13.8 Å². The standard InChI is InChI=1S/C18H18BrN3O2/c1-12-3-5-16(6-4-12)24-11-17(23)20-8-15-10-22-9-14(19)7-13(2)18(22)21-15/h3-7,9-10H,8,11H2,1-2H3,(H,20,23). The SMILES string of the molecule is Cc1ccc(OCC(=O)NCc2cn3cc(Br)cc(C)c3n2)cc1. The molecule has 0 atom stereocenters. The third-order valence-electron chi connectivity index (χ3n) is 3.61. The number of imidazole rings is 1. The van der Waals surface area contributed by atoms with E-state index >= 15 is 0 Å². The first-order chi connectivity index (χ1) is 11.5. The number of aromatic nitrogens is 2. The molecule has 0 radical (unpaired) electrons. The van der Waals surface area contributed by atoms with E-state index in [0.717, 1.165) is 26.9 Å². The Kier molecular flexibility index (Phi) is 4.85. The second-order valence-corrected chi connectivity index (χ2v) is 6.60. The summed E-state index contributed by atoms with van der Waals surface area (Å²) in [5.74, 6) is 0.509. The van der Waals surface area contributed by atoms with Gasteiger partial charge in [0.2, 0.25) is 0 Å². The molecule has 1 amide bonds. The molecule has 0 fully saturated rings. The van der Waals surface area contributed by atoms with Gasteiger partial charge in [0.05, 0.1) is 12.2 Å². The molecule has 2 heterocycles. The van der Waals surface area contributed by atoms with Gasteiger partial charge in [0, 0.05) is 16.9 Å². The molecule has 24 heavy (non-hydrogen) atoms. The molecule has 5 nitrogen and oxygen atoms in total. The van der Waals surface area contributed by atoms with Gasteiger partial charge in [-0.3, -0.25) is 4.79 Å². The zero-order valence-electron chi connectivity index (χ0n) is 13.5. The number of carbonyl (C=O) groups excluding carboxylic acids is 1. The lowest BCUT2D eigenvalue weighted by Crippen LogP contribution is -2.28. The molecule has 0 saturated heterocycles. The summed E-state index contributed by atoms with van der Waals surface area (Å²) in [4.78, 5) is 16.5. The zero-order chi connectivity index (χ0) is 17.1. The lowest BCUT2D eigenvalue weighted by Gasteiger charge is -2.06. The van der Waals surface area contributed by atoms with Crippen LogP contribution >= 0.6 is 15.9 Å². The molecule has 0 spiro atoms. The number of nitrogens with one attached hydrogen (secondary N) is 1. The molecule has 6 heteroatoms. The maximum Gasteiger partial charge on any atom is 0.258 e. The molecule has 124 valence electrons. The average molecular weight is 388 g/mol. The molecule has 0 saturated carbocycles. The summed E-state index contributed by atoms with van der Waals surface area (Å²) in [6, 6.07) is 9.62. The highest BCUT2D eigenvalue weighted by Crippen LogP contribution is 2.17. The van der Waals surface area contributed by atoms with Crippen LogP contribution in [-0.4, -0.2) is 21.9 Å². The van der Waals surface area contributed by atoms with E-state index in [1.54, 1.807) is 0 Å². The van der Waals surface area contributed by atoms with Gasteiger partial charge in [-0.05, 0) is 53.5 Å². The summed E-state index contributed by atoms with van der Waals surface area (Å²) in [6.07, 6.45) is 3.86. The van der Waals surface area contributed by atoms with Crippen LogP contribution in [0.5, 0.6) is 5.75 Å². The van der Waals surface area contributed by atoms with Gasteiger partial charge >= 0.3 is 0 Å². The van der Waals surface area contributed by atoms with Crippen LogP contribution < -0.4 is 10.1 Å². The number of amides is 1. The molecule has 0 aliphatic heterocycles. The minimum atomic E-state index is -0.175. The van der Waals surface area contributed by atoms with Crippen molar-refractivity contribution in [3.05, 3.63) is 64.0 Å². The average Bonchev–Trinajstić information content (AvgIpc) is 2.95. The Morgan fingerprint density at radius 3 is 2.75 bits per heavy atom. The number of hydrogen-bond donors (Lipinski definition) is 1. The van der Waals surface area contributed by atoms with Crippen LogP contribution in [0.4, 0.5) is 0 Å².